The summed E-state index contributed by atoms with van der Waals surface area (Å²) < 4.78 is 17.4. The maximum Gasteiger partial charge on any atom is 0.271 e. The molecule has 7 N–H and O–H groups in total. The normalized spacial score (nSPS) is 26.0. The van der Waals surface area contributed by atoms with Gasteiger partial charge < -0.3 is 40.4 Å². The molecule has 6 rings (SSSR count). The standard InChI is InChI=1S/C34H34N4O12/c1-14-28(39)20(35)11-23(49-14)50-22-13-34(45,15(2)36-37-33(44)16-6-4-7-17(10-16)38(46)47)12-19-25(22)32(43)27-26(30(19)41)29(40)18-8-5-9-21(48-3)24(18)31(27)42/h4-10,14,20,22-23,28,39,41,43,45H,11-13,35H2,1-3H3,(H,37,44)/t14?,20?,22-,23?,28?,34-/m0/s1. The second-order valence-electron chi connectivity index (χ2n) is 12.5. The molecule has 0 saturated carbocycles. The van der Waals surface area contributed by atoms with Crippen LogP contribution in [0.25, 0.3) is 0 Å². The first kappa shape index (κ1) is 34.6. The first-order valence-electron chi connectivity index (χ1n) is 15.6. The second kappa shape index (κ2) is 12.9. The smallest absolute Gasteiger partial charge is 0.271 e. The molecule has 3 aliphatic rings. The van der Waals surface area contributed by atoms with Crippen molar-refractivity contribution in [2.75, 3.05) is 7.11 Å². The van der Waals surface area contributed by atoms with Crippen molar-refractivity contribution < 1.29 is 53.9 Å². The molecule has 0 bridgehead atoms. The van der Waals surface area contributed by atoms with E-state index in [1.54, 1.807) is 6.92 Å². The number of nitrogens with one attached hydrogen (secondary N) is 1. The number of hydrogen-bond acceptors (Lipinski definition) is 14. The molecule has 1 amide bonds. The number of aliphatic hydroxyl groups excluding tert-OH is 1. The Morgan fingerprint density at radius 2 is 1.82 bits per heavy atom. The molecule has 6 atom stereocenters. The summed E-state index contributed by atoms with van der Waals surface area (Å²) in [5.41, 5.74) is 4.58. The Morgan fingerprint density at radius 3 is 2.50 bits per heavy atom. The van der Waals surface area contributed by atoms with Crippen molar-refractivity contribution in [1.29, 1.82) is 0 Å². The summed E-state index contributed by atoms with van der Waals surface area (Å²) in [5, 5.41) is 61.1. The summed E-state index contributed by atoms with van der Waals surface area (Å²) in [4.78, 5) is 51.1. The van der Waals surface area contributed by atoms with Crippen molar-refractivity contribution in [3.63, 3.8) is 0 Å². The van der Waals surface area contributed by atoms with Crippen molar-refractivity contribution >= 4 is 28.9 Å². The molecular formula is C34H34N4O12. The molecule has 0 radical (unpaired) electrons. The third kappa shape index (κ3) is 5.76. The number of nitro benzene ring substituents is 1. The van der Waals surface area contributed by atoms with Gasteiger partial charge in [-0.15, -0.1) is 0 Å². The van der Waals surface area contributed by atoms with E-state index >= 15 is 0 Å². The number of hydrogen-bond donors (Lipinski definition) is 6. The van der Waals surface area contributed by atoms with Gasteiger partial charge in [-0.1, -0.05) is 18.2 Å². The minimum absolute atomic E-state index is 0.00177. The van der Waals surface area contributed by atoms with E-state index < -0.39 is 87.7 Å². The predicted octanol–water partition coefficient (Wildman–Crippen LogP) is 2.15. The summed E-state index contributed by atoms with van der Waals surface area (Å²) in [6.45, 7) is 2.97. The average molecular weight is 691 g/mol. The molecular weight excluding hydrogens is 656 g/mol. The Bertz CT molecular complexity index is 1970. The highest BCUT2D eigenvalue weighted by Gasteiger charge is 2.49. The summed E-state index contributed by atoms with van der Waals surface area (Å²) in [6, 6.07) is 8.55. The molecule has 1 saturated heterocycles. The fraction of sp³-hybridized carbons (Fsp3) is 0.353. The van der Waals surface area contributed by atoms with E-state index in [9.17, 15) is 44.9 Å². The van der Waals surface area contributed by atoms with E-state index in [4.69, 9.17) is 19.9 Å². The number of rotatable bonds is 7. The maximum atomic E-state index is 13.9. The molecule has 16 heteroatoms. The van der Waals surface area contributed by atoms with Crippen LogP contribution in [0.2, 0.25) is 0 Å². The van der Waals surface area contributed by atoms with Crippen LogP contribution in [-0.2, 0) is 15.9 Å². The molecule has 3 aromatic carbocycles. The number of phenolic OH excluding ortho intramolecular Hbond substituents is 2. The van der Waals surface area contributed by atoms with Crippen LogP contribution in [0.3, 0.4) is 0 Å². The minimum atomic E-state index is -2.00. The molecule has 0 aromatic heterocycles. The Morgan fingerprint density at radius 1 is 1.12 bits per heavy atom. The number of phenols is 2. The number of ether oxygens (including phenoxy) is 3. The van der Waals surface area contributed by atoms with Gasteiger partial charge >= 0.3 is 0 Å². The number of nitro groups is 1. The lowest BCUT2D eigenvalue weighted by Crippen LogP contribution is -2.52. The Labute approximate surface area is 284 Å². The van der Waals surface area contributed by atoms with E-state index in [2.05, 4.69) is 10.5 Å². The van der Waals surface area contributed by atoms with Gasteiger partial charge in [0.05, 0.1) is 52.7 Å². The second-order valence-corrected chi connectivity index (χ2v) is 12.5. The number of carbonyl (C=O) groups excluding carboxylic acids is 3. The van der Waals surface area contributed by atoms with Gasteiger partial charge in [-0.05, 0) is 26.0 Å². The molecule has 4 unspecified atom stereocenters. The van der Waals surface area contributed by atoms with Gasteiger partial charge in [0.2, 0.25) is 5.78 Å². The largest absolute Gasteiger partial charge is 0.507 e. The van der Waals surface area contributed by atoms with E-state index in [0.717, 1.165) is 6.07 Å². The van der Waals surface area contributed by atoms with Gasteiger partial charge in [-0.3, -0.25) is 24.5 Å². The van der Waals surface area contributed by atoms with Crippen molar-refractivity contribution in [2.45, 2.75) is 69.4 Å². The minimum Gasteiger partial charge on any atom is -0.507 e. The van der Waals surface area contributed by atoms with E-state index in [0.29, 0.717) is 0 Å². The lowest BCUT2D eigenvalue weighted by Gasteiger charge is -2.42. The lowest BCUT2D eigenvalue weighted by atomic mass is 9.71. The summed E-state index contributed by atoms with van der Waals surface area (Å²) in [5.74, 6) is -3.61. The first-order valence-corrected chi connectivity index (χ1v) is 15.6. The summed E-state index contributed by atoms with van der Waals surface area (Å²) in [7, 11) is 1.32. The Hall–Kier alpha value is -5.26. The van der Waals surface area contributed by atoms with Gasteiger partial charge in [0.1, 0.15) is 22.8 Å². The van der Waals surface area contributed by atoms with Gasteiger partial charge in [0.25, 0.3) is 11.6 Å². The van der Waals surface area contributed by atoms with Gasteiger partial charge in [-0.25, -0.2) is 5.43 Å². The van der Waals surface area contributed by atoms with Crippen LogP contribution in [0.5, 0.6) is 17.2 Å². The van der Waals surface area contributed by atoms with Crippen LogP contribution in [0.15, 0.2) is 47.6 Å². The number of fused-ring (bicyclic) bond motifs is 3. The Balaban J connectivity index is 1.43. The van der Waals surface area contributed by atoms with E-state index in [1.165, 1.54) is 50.4 Å². The zero-order valence-electron chi connectivity index (χ0n) is 27.1. The summed E-state index contributed by atoms with van der Waals surface area (Å²) >= 11 is 0. The van der Waals surface area contributed by atoms with Crippen LogP contribution in [0, 0.1) is 10.1 Å². The number of hydrazone groups is 1. The zero-order valence-corrected chi connectivity index (χ0v) is 27.1. The highest BCUT2D eigenvalue weighted by molar-refractivity contribution is 6.31. The fourth-order valence-corrected chi connectivity index (χ4v) is 6.73. The van der Waals surface area contributed by atoms with E-state index in [1.807, 2.05) is 0 Å². The average Bonchev–Trinajstić information content (AvgIpc) is 3.09. The number of non-ortho nitro benzene ring substituents is 1. The predicted molar refractivity (Wildman–Crippen MR) is 173 cm³/mol. The molecule has 2 aliphatic carbocycles. The monoisotopic (exact) mass is 690 g/mol. The molecule has 0 spiro atoms. The number of aliphatic hydroxyl groups is 2. The third-order valence-electron chi connectivity index (χ3n) is 9.46. The number of nitrogens with zero attached hydrogens (tertiary/aromatic N) is 2. The van der Waals surface area contributed by atoms with Gasteiger partial charge in [0.15, 0.2) is 12.1 Å². The molecule has 1 heterocycles. The number of benzene rings is 3. The van der Waals surface area contributed by atoms with Crippen molar-refractivity contribution in [3.8, 4) is 17.2 Å². The molecule has 50 heavy (non-hydrogen) atoms. The number of carbonyl (C=O) groups is 3. The van der Waals surface area contributed by atoms with E-state index in [-0.39, 0.29) is 57.8 Å². The SMILES string of the molecule is COc1cccc2c1C(=O)c1c(O)c3c(c(O)c1C2=O)C[C@@](O)(C(C)=NNC(=O)c1cccc([N+](=O)[O-])c1)C[C@@H]3OC1CC(N)C(O)C(C)O1. The number of methoxy groups -OCH3 is 1. The van der Waals surface area contributed by atoms with Gasteiger partial charge in [0, 0.05) is 59.7 Å². The van der Waals surface area contributed by atoms with Crippen LogP contribution >= 0.6 is 0 Å². The van der Waals surface area contributed by atoms with Crippen molar-refractivity contribution in [3.05, 3.63) is 91.5 Å². The molecule has 262 valence electrons. The topological polar surface area (TPSA) is 253 Å². The van der Waals surface area contributed by atoms with Crippen LogP contribution in [-0.4, -0.2) is 85.8 Å². The van der Waals surface area contributed by atoms with Crippen LogP contribution < -0.4 is 15.9 Å². The fourth-order valence-electron chi connectivity index (χ4n) is 6.73. The van der Waals surface area contributed by atoms with Crippen LogP contribution in [0.4, 0.5) is 5.69 Å². The number of ketones is 2. The lowest BCUT2D eigenvalue weighted by molar-refractivity contribution is -0.384. The number of nitrogens with two attached hydrogens (primary N) is 1. The third-order valence-corrected chi connectivity index (χ3v) is 9.46. The summed E-state index contributed by atoms with van der Waals surface area (Å²) in [6.07, 6.45) is -4.97. The zero-order chi connectivity index (χ0) is 36.2. The molecule has 3 aromatic rings. The maximum absolute atomic E-state index is 13.9. The molecule has 1 fully saturated rings. The number of aromatic hydroxyl groups is 2. The van der Waals surface area contributed by atoms with Crippen LogP contribution in [0.1, 0.15) is 86.1 Å². The highest BCUT2D eigenvalue weighted by Crippen LogP contribution is 2.52. The number of amides is 1. The highest BCUT2D eigenvalue weighted by atomic mass is 16.7. The van der Waals surface area contributed by atoms with Crippen molar-refractivity contribution in [2.24, 2.45) is 10.8 Å². The van der Waals surface area contributed by atoms with Gasteiger partial charge in [-0.2, -0.15) is 5.10 Å². The molecule has 16 nitrogen and oxygen atoms in total. The molecule has 1 aliphatic heterocycles. The first-order chi connectivity index (χ1) is 23.7. The van der Waals surface area contributed by atoms with Crippen molar-refractivity contribution in [1.82, 2.24) is 5.43 Å². The Kier molecular flexibility index (Phi) is 8.92. The quantitative estimate of drug-likeness (QED) is 0.0704.